The number of aromatic nitrogens is 1. The van der Waals surface area contributed by atoms with E-state index < -0.39 is 5.97 Å². The summed E-state index contributed by atoms with van der Waals surface area (Å²) in [6.45, 7) is 9.37. The number of aromatic amines is 1. The largest absolute Gasteiger partial charge is 0.465 e. The van der Waals surface area contributed by atoms with Gasteiger partial charge in [-0.2, -0.15) is 0 Å². The van der Waals surface area contributed by atoms with Crippen molar-refractivity contribution in [2.75, 3.05) is 51.3 Å². The lowest BCUT2D eigenvalue weighted by Crippen LogP contribution is -2.47. The maximum Gasteiger partial charge on any atom is 0.341 e. The normalized spacial score (nSPS) is 17.5. The number of benzene rings is 3. The number of methoxy groups -OCH3 is 1. The van der Waals surface area contributed by atoms with Crippen LogP contribution in [0, 0.1) is 0 Å². The molecule has 0 radical (unpaired) electrons. The number of fused-ring (bicyclic) bond motifs is 1. The van der Waals surface area contributed by atoms with Gasteiger partial charge in [0.05, 0.1) is 19.3 Å². The van der Waals surface area contributed by atoms with Crippen LogP contribution in [0.4, 0.5) is 5.69 Å². The van der Waals surface area contributed by atoms with Crippen LogP contribution in [-0.4, -0.2) is 67.9 Å². The van der Waals surface area contributed by atoms with E-state index in [4.69, 9.17) is 25.8 Å². The van der Waals surface area contributed by atoms with Gasteiger partial charge in [-0.1, -0.05) is 23.7 Å². The predicted octanol–water partition coefficient (Wildman–Crippen LogP) is 7.17. The van der Waals surface area contributed by atoms with E-state index in [-0.39, 0.29) is 5.60 Å². The molecule has 0 spiro atoms. The average molecular weight is 586 g/mol. The number of rotatable bonds is 7. The molecule has 0 unspecified atom stereocenters. The molecule has 0 bridgehead atoms. The molecule has 1 fully saturated rings. The molecule has 1 aromatic heterocycles. The molecule has 0 amide bonds. The Kier molecular flexibility index (Phi) is 7.99. The van der Waals surface area contributed by atoms with E-state index in [0.717, 1.165) is 60.8 Å². The zero-order chi connectivity index (χ0) is 29.3. The molecular formula is C34H36ClN3O4. The molecule has 4 aromatic rings. The number of piperazine rings is 1. The Morgan fingerprint density at radius 1 is 1.00 bits per heavy atom. The molecule has 3 heterocycles. The Morgan fingerprint density at radius 3 is 2.55 bits per heavy atom. The molecule has 42 heavy (non-hydrogen) atoms. The number of carbonyl (C=O) groups excluding carboxylic acids is 1. The quantitative estimate of drug-likeness (QED) is 0.232. The summed E-state index contributed by atoms with van der Waals surface area (Å²) in [6, 6.07) is 21.7. The molecule has 2 aliphatic heterocycles. The Bertz CT molecular complexity index is 1620. The maximum absolute atomic E-state index is 12.6. The first-order chi connectivity index (χ1) is 20.3. The van der Waals surface area contributed by atoms with Gasteiger partial charge >= 0.3 is 5.97 Å². The molecule has 1 N–H and O–H groups in total. The Hall–Kier alpha value is -3.78. The van der Waals surface area contributed by atoms with Crippen molar-refractivity contribution in [3.05, 3.63) is 94.6 Å². The number of halogens is 1. The van der Waals surface area contributed by atoms with Gasteiger partial charge in [0.25, 0.3) is 0 Å². The molecule has 0 saturated carbocycles. The first-order valence-corrected chi connectivity index (χ1v) is 14.7. The van der Waals surface area contributed by atoms with Crippen LogP contribution in [0.15, 0.2) is 78.5 Å². The zero-order valence-electron chi connectivity index (χ0n) is 24.3. The molecule has 3 aromatic carbocycles. The molecule has 0 aliphatic carbocycles. The molecular weight excluding hydrogens is 550 g/mol. The third kappa shape index (κ3) is 6.19. The van der Waals surface area contributed by atoms with Crippen LogP contribution in [0.1, 0.15) is 36.2 Å². The minimum Gasteiger partial charge on any atom is -0.465 e. The van der Waals surface area contributed by atoms with Crippen molar-refractivity contribution in [1.29, 1.82) is 0 Å². The average Bonchev–Trinajstić information content (AvgIpc) is 3.46. The van der Waals surface area contributed by atoms with Crippen LogP contribution in [-0.2, 0) is 9.47 Å². The van der Waals surface area contributed by atoms with E-state index in [1.165, 1.54) is 23.8 Å². The highest BCUT2D eigenvalue weighted by molar-refractivity contribution is 6.30. The molecule has 1 saturated heterocycles. The molecule has 218 valence electrons. The van der Waals surface area contributed by atoms with Gasteiger partial charge in [-0.3, -0.25) is 4.90 Å². The Morgan fingerprint density at radius 2 is 1.79 bits per heavy atom. The summed E-state index contributed by atoms with van der Waals surface area (Å²) in [7, 11) is 1.39. The van der Waals surface area contributed by atoms with Crippen molar-refractivity contribution in [3.63, 3.8) is 0 Å². The van der Waals surface area contributed by atoms with Crippen LogP contribution in [0.2, 0.25) is 5.02 Å². The smallest absolute Gasteiger partial charge is 0.341 e. The number of H-pyrrole nitrogens is 1. The highest BCUT2D eigenvalue weighted by atomic mass is 35.5. The molecule has 7 nitrogen and oxygen atoms in total. The van der Waals surface area contributed by atoms with Crippen molar-refractivity contribution in [2.45, 2.75) is 25.9 Å². The van der Waals surface area contributed by atoms with E-state index in [1.807, 2.05) is 54.7 Å². The van der Waals surface area contributed by atoms with Gasteiger partial charge in [0, 0.05) is 73.0 Å². The SMILES string of the molecule is COC(=O)c1ccc(N2CCN(CC3=C(c4ccc(Cl)cc4)CC(C)(C)OC3)CC2)cc1Oc1ccc2[nH]ccc2c1. The maximum atomic E-state index is 12.6. The van der Waals surface area contributed by atoms with Crippen molar-refractivity contribution < 1.29 is 19.0 Å². The monoisotopic (exact) mass is 585 g/mol. The summed E-state index contributed by atoms with van der Waals surface area (Å²) in [6.07, 6.45) is 2.77. The van der Waals surface area contributed by atoms with Crippen molar-refractivity contribution in [2.24, 2.45) is 0 Å². The number of carbonyl (C=O) groups is 1. The van der Waals surface area contributed by atoms with Crippen LogP contribution in [0.25, 0.3) is 16.5 Å². The summed E-state index contributed by atoms with van der Waals surface area (Å²) in [5.41, 5.74) is 6.17. The standard InChI is InChI=1S/C34H36ClN3O4/c1-34(2)20-30(23-4-6-26(35)7-5-23)25(22-41-34)21-37-14-16-38(17-15-37)27-8-10-29(33(39)40-3)32(19-27)42-28-9-11-31-24(18-28)12-13-36-31/h4-13,18-19,36H,14-17,20-22H2,1-3H3. The second-order valence-electron chi connectivity index (χ2n) is 11.6. The number of anilines is 1. The molecule has 8 heteroatoms. The Balaban J connectivity index is 1.18. The summed E-state index contributed by atoms with van der Waals surface area (Å²) in [5.74, 6) is 0.722. The van der Waals surface area contributed by atoms with Gasteiger partial charge < -0.3 is 24.1 Å². The fraction of sp³-hybridized carbons (Fsp3) is 0.324. The number of ether oxygens (including phenoxy) is 3. The highest BCUT2D eigenvalue weighted by Crippen LogP contribution is 2.36. The minimum absolute atomic E-state index is 0.194. The second kappa shape index (κ2) is 11.8. The van der Waals surface area contributed by atoms with Crippen LogP contribution < -0.4 is 9.64 Å². The number of hydrogen-bond donors (Lipinski definition) is 1. The predicted molar refractivity (Wildman–Crippen MR) is 168 cm³/mol. The lowest BCUT2D eigenvalue weighted by Gasteiger charge is -2.39. The lowest BCUT2D eigenvalue weighted by atomic mass is 9.87. The van der Waals surface area contributed by atoms with Gasteiger partial charge in [0.1, 0.15) is 17.1 Å². The molecule has 2 aliphatic rings. The molecule has 6 rings (SSSR count). The number of esters is 1. The first-order valence-electron chi connectivity index (χ1n) is 14.3. The number of nitrogens with one attached hydrogen (secondary N) is 1. The fourth-order valence-corrected chi connectivity index (χ4v) is 5.92. The van der Waals surface area contributed by atoms with Gasteiger partial charge in [-0.25, -0.2) is 4.79 Å². The van der Waals surface area contributed by atoms with Gasteiger partial charge in [-0.05, 0) is 79.1 Å². The van der Waals surface area contributed by atoms with Gasteiger partial charge in [0.2, 0.25) is 0 Å². The highest BCUT2D eigenvalue weighted by Gasteiger charge is 2.30. The van der Waals surface area contributed by atoms with Gasteiger partial charge in [0.15, 0.2) is 0 Å². The molecule has 0 atom stereocenters. The lowest BCUT2D eigenvalue weighted by molar-refractivity contribution is -0.0101. The van der Waals surface area contributed by atoms with Crippen molar-refractivity contribution >= 4 is 39.7 Å². The third-order valence-corrected chi connectivity index (χ3v) is 8.39. The van der Waals surface area contributed by atoms with Crippen molar-refractivity contribution in [1.82, 2.24) is 9.88 Å². The topological polar surface area (TPSA) is 67.0 Å². The summed E-state index contributed by atoms with van der Waals surface area (Å²) in [4.78, 5) is 20.6. The summed E-state index contributed by atoms with van der Waals surface area (Å²) < 4.78 is 17.5. The van der Waals surface area contributed by atoms with E-state index in [9.17, 15) is 4.79 Å². The third-order valence-electron chi connectivity index (χ3n) is 8.13. The van der Waals surface area contributed by atoms with Crippen molar-refractivity contribution in [3.8, 4) is 11.5 Å². The van der Waals surface area contributed by atoms with E-state index in [0.29, 0.717) is 23.7 Å². The number of hydrogen-bond acceptors (Lipinski definition) is 6. The summed E-state index contributed by atoms with van der Waals surface area (Å²) in [5, 5.41) is 1.79. The van der Waals surface area contributed by atoms with Crippen LogP contribution >= 0.6 is 11.6 Å². The van der Waals surface area contributed by atoms with Gasteiger partial charge in [-0.15, -0.1) is 0 Å². The Labute approximate surface area is 251 Å². The van der Waals surface area contributed by atoms with Crippen LogP contribution in [0.3, 0.4) is 0 Å². The number of nitrogens with zero attached hydrogens (tertiary/aromatic N) is 2. The minimum atomic E-state index is -0.424. The van der Waals surface area contributed by atoms with E-state index in [1.54, 1.807) is 6.07 Å². The first kappa shape index (κ1) is 28.3. The zero-order valence-corrected chi connectivity index (χ0v) is 25.0. The van der Waals surface area contributed by atoms with E-state index in [2.05, 4.69) is 40.8 Å². The van der Waals surface area contributed by atoms with E-state index >= 15 is 0 Å². The second-order valence-corrected chi connectivity index (χ2v) is 12.0. The van der Waals surface area contributed by atoms with Crippen LogP contribution in [0.5, 0.6) is 11.5 Å². The summed E-state index contributed by atoms with van der Waals surface area (Å²) >= 11 is 6.18. The fourth-order valence-electron chi connectivity index (χ4n) is 5.80.